The second-order valence-corrected chi connectivity index (χ2v) is 6.01. The van der Waals surface area contributed by atoms with Crippen molar-refractivity contribution in [3.8, 4) is 0 Å². The molecule has 0 heterocycles. The van der Waals surface area contributed by atoms with Crippen LogP contribution >= 0.6 is 15.9 Å². The summed E-state index contributed by atoms with van der Waals surface area (Å²) >= 11 is 3.18. The number of urea groups is 1. The van der Waals surface area contributed by atoms with Crippen LogP contribution in [0.5, 0.6) is 0 Å². The summed E-state index contributed by atoms with van der Waals surface area (Å²) < 4.78 is 14.3. The van der Waals surface area contributed by atoms with Crippen LogP contribution in [0, 0.1) is 5.82 Å². The third kappa shape index (κ3) is 3.24. The molecule has 2 aromatic rings. The molecule has 2 aromatic carbocycles. The van der Waals surface area contributed by atoms with Crippen molar-refractivity contribution in [2.24, 2.45) is 0 Å². The highest BCUT2D eigenvalue weighted by Gasteiger charge is 2.22. The van der Waals surface area contributed by atoms with E-state index in [-0.39, 0.29) is 17.8 Å². The Bertz CT molecular complexity index is 665. The lowest BCUT2D eigenvalue weighted by atomic mass is 10.1. The molecule has 0 atom stereocenters. The van der Waals surface area contributed by atoms with E-state index < -0.39 is 5.82 Å². The molecule has 0 radical (unpaired) electrons. The average molecular weight is 349 g/mol. The van der Waals surface area contributed by atoms with E-state index in [9.17, 15) is 9.18 Å². The summed E-state index contributed by atoms with van der Waals surface area (Å²) in [7, 11) is 0. The molecule has 0 fully saturated rings. The summed E-state index contributed by atoms with van der Waals surface area (Å²) in [5, 5.41) is 5.43. The van der Waals surface area contributed by atoms with Gasteiger partial charge in [0.05, 0.1) is 5.69 Å². The molecule has 3 nitrogen and oxygen atoms in total. The maximum Gasteiger partial charge on any atom is 0.319 e. The van der Waals surface area contributed by atoms with Crippen LogP contribution in [0.4, 0.5) is 14.9 Å². The topological polar surface area (TPSA) is 41.1 Å². The number of benzene rings is 2. The van der Waals surface area contributed by atoms with Crippen molar-refractivity contribution >= 4 is 27.6 Å². The summed E-state index contributed by atoms with van der Waals surface area (Å²) in [6, 6.07) is 12.4. The van der Waals surface area contributed by atoms with E-state index in [4.69, 9.17) is 0 Å². The zero-order valence-corrected chi connectivity index (χ0v) is 12.8. The van der Waals surface area contributed by atoms with Gasteiger partial charge in [0.2, 0.25) is 0 Å². The molecule has 1 aliphatic rings. The Hall–Kier alpha value is -1.88. The van der Waals surface area contributed by atoms with Gasteiger partial charge in [-0.05, 0) is 42.2 Å². The van der Waals surface area contributed by atoms with Gasteiger partial charge in [-0.1, -0.05) is 40.2 Å². The van der Waals surface area contributed by atoms with Crippen LogP contribution in [-0.4, -0.2) is 12.1 Å². The molecule has 0 aliphatic heterocycles. The van der Waals surface area contributed by atoms with Crippen LogP contribution in [-0.2, 0) is 12.8 Å². The molecule has 5 heteroatoms. The molecule has 0 aromatic heterocycles. The molecule has 2 amide bonds. The van der Waals surface area contributed by atoms with E-state index >= 15 is 0 Å². The second-order valence-electron chi connectivity index (χ2n) is 5.10. The third-order valence-corrected chi connectivity index (χ3v) is 4.06. The lowest BCUT2D eigenvalue weighted by Crippen LogP contribution is -2.38. The smallest absolute Gasteiger partial charge is 0.319 e. The van der Waals surface area contributed by atoms with E-state index in [2.05, 4.69) is 38.7 Å². The van der Waals surface area contributed by atoms with Crippen molar-refractivity contribution in [2.75, 3.05) is 5.32 Å². The van der Waals surface area contributed by atoms with Crippen molar-refractivity contribution in [1.29, 1.82) is 0 Å². The first-order valence-electron chi connectivity index (χ1n) is 6.71. The summed E-state index contributed by atoms with van der Waals surface area (Å²) in [5.41, 5.74) is 2.70. The Morgan fingerprint density at radius 3 is 2.43 bits per heavy atom. The molecule has 108 valence electrons. The molecule has 21 heavy (non-hydrogen) atoms. The van der Waals surface area contributed by atoms with E-state index in [1.807, 2.05) is 12.1 Å². The van der Waals surface area contributed by atoms with Crippen molar-refractivity contribution in [2.45, 2.75) is 18.9 Å². The normalized spacial score (nSPS) is 13.8. The standard InChI is InChI=1S/C16H14BrFN2O/c17-12-5-6-15(14(18)9-12)20-16(21)19-13-7-10-3-1-2-4-11(10)8-13/h1-6,9,13H,7-8H2,(H2,19,20,21). The van der Waals surface area contributed by atoms with Gasteiger partial charge < -0.3 is 10.6 Å². The number of rotatable bonds is 2. The van der Waals surface area contributed by atoms with Crippen LogP contribution in [0.2, 0.25) is 0 Å². The Labute approximate surface area is 130 Å². The van der Waals surface area contributed by atoms with Crippen molar-refractivity contribution in [3.05, 3.63) is 63.9 Å². The SMILES string of the molecule is O=C(Nc1ccc(Br)cc1F)NC1Cc2ccccc2C1. The Morgan fingerprint density at radius 2 is 1.81 bits per heavy atom. The third-order valence-electron chi connectivity index (χ3n) is 3.57. The maximum absolute atomic E-state index is 13.7. The van der Waals surface area contributed by atoms with Gasteiger partial charge in [0, 0.05) is 10.5 Å². The zero-order chi connectivity index (χ0) is 14.8. The summed E-state index contributed by atoms with van der Waals surface area (Å²) in [6.07, 6.45) is 1.62. The van der Waals surface area contributed by atoms with Gasteiger partial charge >= 0.3 is 6.03 Å². The minimum atomic E-state index is -0.464. The molecule has 0 bridgehead atoms. The number of amides is 2. The van der Waals surface area contributed by atoms with Crippen LogP contribution in [0.1, 0.15) is 11.1 Å². The number of fused-ring (bicyclic) bond motifs is 1. The highest BCUT2D eigenvalue weighted by atomic mass is 79.9. The highest BCUT2D eigenvalue weighted by molar-refractivity contribution is 9.10. The number of halogens is 2. The number of nitrogens with one attached hydrogen (secondary N) is 2. The van der Waals surface area contributed by atoms with Gasteiger partial charge in [-0.2, -0.15) is 0 Å². The molecule has 1 aliphatic carbocycles. The Balaban J connectivity index is 1.61. The van der Waals surface area contributed by atoms with Crippen LogP contribution in [0.25, 0.3) is 0 Å². The zero-order valence-electron chi connectivity index (χ0n) is 11.2. The molecule has 3 rings (SSSR count). The minimum absolute atomic E-state index is 0.0564. The lowest BCUT2D eigenvalue weighted by Gasteiger charge is -2.13. The minimum Gasteiger partial charge on any atom is -0.334 e. The molecule has 0 saturated heterocycles. The van der Waals surface area contributed by atoms with Crippen molar-refractivity contribution in [3.63, 3.8) is 0 Å². The Morgan fingerprint density at radius 1 is 1.14 bits per heavy atom. The van der Waals surface area contributed by atoms with E-state index in [0.717, 1.165) is 12.8 Å². The van der Waals surface area contributed by atoms with E-state index in [1.165, 1.54) is 23.3 Å². The largest absolute Gasteiger partial charge is 0.334 e. The van der Waals surface area contributed by atoms with Gasteiger partial charge in [0.25, 0.3) is 0 Å². The van der Waals surface area contributed by atoms with Gasteiger partial charge in [0.1, 0.15) is 5.82 Å². The number of anilines is 1. The highest BCUT2D eigenvalue weighted by Crippen LogP contribution is 2.22. The molecule has 2 N–H and O–H groups in total. The van der Waals surface area contributed by atoms with Crippen LogP contribution < -0.4 is 10.6 Å². The number of hydrogen-bond acceptors (Lipinski definition) is 1. The van der Waals surface area contributed by atoms with E-state index in [1.54, 1.807) is 6.07 Å². The molecule has 0 spiro atoms. The molecule has 0 saturated carbocycles. The summed E-state index contributed by atoms with van der Waals surface area (Å²) in [5.74, 6) is -0.464. The summed E-state index contributed by atoms with van der Waals surface area (Å²) in [6.45, 7) is 0. The van der Waals surface area contributed by atoms with Crippen LogP contribution in [0.15, 0.2) is 46.9 Å². The quantitative estimate of drug-likeness (QED) is 0.849. The summed E-state index contributed by atoms with van der Waals surface area (Å²) in [4.78, 5) is 12.0. The predicted octanol–water partition coefficient (Wildman–Crippen LogP) is 3.88. The maximum atomic E-state index is 13.7. The lowest BCUT2D eigenvalue weighted by molar-refractivity contribution is 0.248. The van der Waals surface area contributed by atoms with Gasteiger partial charge in [0.15, 0.2) is 0 Å². The second kappa shape index (κ2) is 5.85. The average Bonchev–Trinajstić information content (AvgIpc) is 2.84. The first-order valence-corrected chi connectivity index (χ1v) is 7.50. The molecule has 0 unspecified atom stereocenters. The fourth-order valence-electron chi connectivity index (χ4n) is 2.60. The number of carbonyl (C=O) groups is 1. The fraction of sp³-hybridized carbons (Fsp3) is 0.188. The monoisotopic (exact) mass is 348 g/mol. The van der Waals surface area contributed by atoms with Gasteiger partial charge in [-0.15, -0.1) is 0 Å². The Kier molecular flexibility index (Phi) is 3.92. The van der Waals surface area contributed by atoms with Gasteiger partial charge in [-0.25, -0.2) is 9.18 Å². The first kappa shape index (κ1) is 14.1. The van der Waals surface area contributed by atoms with E-state index in [0.29, 0.717) is 4.47 Å². The van der Waals surface area contributed by atoms with Crippen molar-refractivity contribution < 1.29 is 9.18 Å². The van der Waals surface area contributed by atoms with Crippen molar-refractivity contribution in [1.82, 2.24) is 5.32 Å². The fourth-order valence-corrected chi connectivity index (χ4v) is 2.93. The first-order chi connectivity index (χ1) is 10.1. The molecular formula is C16H14BrFN2O. The van der Waals surface area contributed by atoms with Crippen LogP contribution in [0.3, 0.4) is 0 Å². The van der Waals surface area contributed by atoms with Gasteiger partial charge in [-0.3, -0.25) is 0 Å². The number of hydrogen-bond donors (Lipinski definition) is 2. The predicted molar refractivity (Wildman–Crippen MR) is 83.9 cm³/mol. The number of carbonyl (C=O) groups excluding carboxylic acids is 1. The molecular weight excluding hydrogens is 335 g/mol.